The monoisotopic (exact) mass is 279 g/mol. The van der Waals surface area contributed by atoms with Gasteiger partial charge in [-0.15, -0.1) is 11.3 Å². The van der Waals surface area contributed by atoms with E-state index in [9.17, 15) is 5.11 Å². The molecule has 14 heavy (non-hydrogen) atoms. The van der Waals surface area contributed by atoms with Crippen LogP contribution in [0, 0.1) is 0 Å². The fourth-order valence-electron chi connectivity index (χ4n) is 1.02. The van der Waals surface area contributed by atoms with Crippen molar-refractivity contribution in [2.75, 3.05) is 26.8 Å². The lowest BCUT2D eigenvalue weighted by Crippen LogP contribution is -2.24. The lowest BCUT2D eigenvalue weighted by atomic mass is 10.3. The van der Waals surface area contributed by atoms with Crippen molar-refractivity contribution in [3.63, 3.8) is 0 Å². The highest BCUT2D eigenvalue weighted by Crippen LogP contribution is 2.26. The first kappa shape index (κ1) is 12.1. The summed E-state index contributed by atoms with van der Waals surface area (Å²) in [7, 11) is 1.66. The Kier molecular flexibility index (Phi) is 5.66. The number of thiophene rings is 1. The van der Waals surface area contributed by atoms with Crippen LogP contribution >= 0.6 is 27.3 Å². The zero-order chi connectivity index (χ0) is 10.4. The van der Waals surface area contributed by atoms with E-state index in [2.05, 4.69) is 21.2 Å². The normalized spacial score (nSPS) is 13.1. The molecule has 0 amide bonds. The van der Waals surface area contributed by atoms with Gasteiger partial charge in [0.2, 0.25) is 0 Å². The second-order valence-corrected chi connectivity index (χ2v) is 5.35. The second kappa shape index (κ2) is 6.53. The molecule has 0 aliphatic heterocycles. The summed E-state index contributed by atoms with van der Waals surface area (Å²) in [5.41, 5.74) is 0. The number of methoxy groups -OCH3 is 1. The van der Waals surface area contributed by atoms with E-state index in [-0.39, 0.29) is 0 Å². The van der Waals surface area contributed by atoms with E-state index >= 15 is 0 Å². The molecule has 1 heterocycles. The Bertz CT molecular complexity index is 267. The summed E-state index contributed by atoms with van der Waals surface area (Å²) in [5, 5.41) is 12.8. The molecule has 0 spiro atoms. The minimum atomic E-state index is -0.428. The van der Waals surface area contributed by atoms with Crippen molar-refractivity contribution in [3.05, 3.63) is 20.8 Å². The molecule has 0 aliphatic rings. The smallest absolute Gasteiger partial charge is 0.101 e. The Morgan fingerprint density at radius 1 is 1.64 bits per heavy atom. The van der Waals surface area contributed by atoms with Crippen molar-refractivity contribution in [2.45, 2.75) is 6.10 Å². The van der Waals surface area contributed by atoms with Crippen molar-refractivity contribution in [1.82, 2.24) is 5.32 Å². The van der Waals surface area contributed by atoms with Gasteiger partial charge in [-0.25, -0.2) is 0 Å². The number of aliphatic hydroxyl groups excluding tert-OH is 1. The fourth-order valence-corrected chi connectivity index (χ4v) is 2.43. The highest BCUT2D eigenvalue weighted by atomic mass is 79.9. The summed E-state index contributed by atoms with van der Waals surface area (Å²) < 4.78 is 5.93. The third kappa shape index (κ3) is 4.06. The van der Waals surface area contributed by atoms with Gasteiger partial charge in [-0.2, -0.15) is 0 Å². The van der Waals surface area contributed by atoms with Crippen LogP contribution in [0.2, 0.25) is 0 Å². The van der Waals surface area contributed by atoms with Crippen LogP contribution in [0.3, 0.4) is 0 Å². The molecule has 80 valence electrons. The van der Waals surface area contributed by atoms with Crippen molar-refractivity contribution in [3.8, 4) is 0 Å². The number of rotatable bonds is 6. The van der Waals surface area contributed by atoms with Gasteiger partial charge in [-0.3, -0.25) is 0 Å². The highest BCUT2D eigenvalue weighted by Gasteiger charge is 2.08. The van der Waals surface area contributed by atoms with Crippen LogP contribution in [0.5, 0.6) is 0 Å². The first-order valence-electron chi connectivity index (χ1n) is 4.37. The van der Waals surface area contributed by atoms with E-state index in [0.717, 1.165) is 15.2 Å². The average molecular weight is 280 g/mol. The van der Waals surface area contributed by atoms with Crippen molar-refractivity contribution >= 4 is 27.3 Å². The molecule has 0 saturated carbocycles. The van der Waals surface area contributed by atoms with E-state index in [0.29, 0.717) is 13.2 Å². The molecule has 1 rings (SSSR count). The molecule has 1 atom stereocenters. The zero-order valence-corrected chi connectivity index (χ0v) is 10.4. The third-order valence-corrected chi connectivity index (χ3v) is 3.47. The quantitative estimate of drug-likeness (QED) is 0.780. The summed E-state index contributed by atoms with van der Waals surface area (Å²) in [5.74, 6) is 0. The lowest BCUT2D eigenvalue weighted by molar-refractivity contribution is 0.164. The zero-order valence-electron chi connectivity index (χ0n) is 8.00. The first-order chi connectivity index (χ1) is 6.74. The maximum Gasteiger partial charge on any atom is 0.101 e. The van der Waals surface area contributed by atoms with Crippen LogP contribution in [0.1, 0.15) is 11.0 Å². The lowest BCUT2D eigenvalue weighted by Gasteiger charge is -2.09. The predicted octanol–water partition coefficient (Wildman–Crippen LogP) is 1.78. The van der Waals surface area contributed by atoms with Crippen LogP contribution in [0.25, 0.3) is 0 Å². The first-order valence-corrected chi connectivity index (χ1v) is 5.98. The summed E-state index contributed by atoms with van der Waals surface area (Å²) in [6, 6.07) is 3.87. The van der Waals surface area contributed by atoms with Gasteiger partial charge >= 0.3 is 0 Å². The second-order valence-electron chi connectivity index (χ2n) is 2.85. The van der Waals surface area contributed by atoms with Gasteiger partial charge in [0.15, 0.2) is 0 Å². The van der Waals surface area contributed by atoms with E-state index in [1.54, 1.807) is 18.4 Å². The Labute approximate surface area is 96.2 Å². The number of hydrogen-bond acceptors (Lipinski definition) is 4. The molecule has 0 saturated heterocycles. The minimum Gasteiger partial charge on any atom is -0.386 e. The number of nitrogens with one attached hydrogen (secondary N) is 1. The molecule has 0 bridgehead atoms. The number of hydrogen-bond donors (Lipinski definition) is 2. The minimum absolute atomic E-state index is 0.428. The van der Waals surface area contributed by atoms with Crippen molar-refractivity contribution in [2.24, 2.45) is 0 Å². The molecule has 0 aliphatic carbocycles. The molecule has 0 aromatic carbocycles. The standard InChI is InChI=1S/C9H14BrNO2S/c1-13-5-4-11-6-7(12)8-2-3-9(10)14-8/h2-3,7,11-12H,4-6H2,1H3. The largest absolute Gasteiger partial charge is 0.386 e. The topological polar surface area (TPSA) is 41.5 Å². The molecular weight excluding hydrogens is 266 g/mol. The molecule has 0 fully saturated rings. The fraction of sp³-hybridized carbons (Fsp3) is 0.556. The summed E-state index contributed by atoms with van der Waals surface area (Å²) in [6.45, 7) is 2.00. The Morgan fingerprint density at radius 2 is 2.43 bits per heavy atom. The van der Waals surface area contributed by atoms with Gasteiger partial charge in [0, 0.05) is 25.1 Å². The van der Waals surface area contributed by atoms with Gasteiger partial charge in [0.1, 0.15) is 6.10 Å². The van der Waals surface area contributed by atoms with Crippen LogP contribution in [-0.2, 0) is 4.74 Å². The maximum atomic E-state index is 9.72. The molecule has 1 aromatic heterocycles. The molecule has 1 unspecified atom stereocenters. The molecule has 3 nitrogen and oxygen atoms in total. The van der Waals surface area contributed by atoms with Gasteiger partial charge < -0.3 is 15.2 Å². The summed E-state index contributed by atoms with van der Waals surface area (Å²) in [6.07, 6.45) is -0.428. The van der Waals surface area contributed by atoms with Gasteiger partial charge in [0.25, 0.3) is 0 Å². The molecular formula is C9H14BrNO2S. The van der Waals surface area contributed by atoms with E-state index in [4.69, 9.17) is 4.74 Å². The number of aliphatic hydroxyl groups is 1. The SMILES string of the molecule is COCCNCC(O)c1ccc(Br)s1. The van der Waals surface area contributed by atoms with Gasteiger partial charge in [0.05, 0.1) is 10.4 Å². The van der Waals surface area contributed by atoms with E-state index in [1.165, 1.54) is 0 Å². The average Bonchev–Trinajstić information content (AvgIpc) is 2.59. The maximum absolute atomic E-state index is 9.72. The van der Waals surface area contributed by atoms with E-state index in [1.807, 2.05) is 12.1 Å². The molecule has 2 N–H and O–H groups in total. The van der Waals surface area contributed by atoms with Crippen LogP contribution in [0.15, 0.2) is 15.9 Å². The molecule has 0 radical (unpaired) electrons. The van der Waals surface area contributed by atoms with E-state index < -0.39 is 6.10 Å². The van der Waals surface area contributed by atoms with Crippen LogP contribution < -0.4 is 5.32 Å². The Hall–Kier alpha value is 0.0600. The molecule has 5 heteroatoms. The summed E-state index contributed by atoms with van der Waals surface area (Å²) in [4.78, 5) is 0.974. The number of halogens is 1. The van der Waals surface area contributed by atoms with Gasteiger partial charge in [-0.1, -0.05) is 0 Å². The Morgan fingerprint density at radius 3 is 3.00 bits per heavy atom. The highest BCUT2D eigenvalue weighted by molar-refractivity contribution is 9.11. The van der Waals surface area contributed by atoms with Crippen LogP contribution in [-0.4, -0.2) is 31.9 Å². The third-order valence-electron chi connectivity index (χ3n) is 1.74. The van der Waals surface area contributed by atoms with Crippen molar-refractivity contribution < 1.29 is 9.84 Å². The number of ether oxygens (including phenoxy) is 1. The Balaban J connectivity index is 2.25. The summed E-state index contributed by atoms with van der Waals surface area (Å²) >= 11 is 4.92. The molecule has 1 aromatic rings. The predicted molar refractivity (Wildman–Crippen MR) is 61.7 cm³/mol. The van der Waals surface area contributed by atoms with Crippen LogP contribution in [0.4, 0.5) is 0 Å². The van der Waals surface area contributed by atoms with Crippen molar-refractivity contribution in [1.29, 1.82) is 0 Å². The van der Waals surface area contributed by atoms with Gasteiger partial charge in [-0.05, 0) is 28.1 Å².